The zero-order valence-corrected chi connectivity index (χ0v) is 21.5. The Morgan fingerprint density at radius 2 is 2.08 bits per heavy atom. The van der Waals surface area contributed by atoms with Gasteiger partial charge in [0.05, 0.1) is 25.5 Å². The number of nitrogen functional groups attached to an aromatic ring is 1. The molecule has 0 spiro atoms. The second kappa shape index (κ2) is 10.4. The fourth-order valence-electron chi connectivity index (χ4n) is 4.03. The van der Waals surface area contributed by atoms with Crippen LogP contribution in [0.1, 0.15) is 26.5 Å². The third-order valence-corrected chi connectivity index (χ3v) is 7.68. The molecule has 5 N–H and O–H groups in total. The first-order valence-electron chi connectivity index (χ1n) is 11.6. The Morgan fingerprint density at radius 3 is 2.78 bits per heavy atom. The molecule has 1 saturated heterocycles. The Bertz CT molecular complexity index is 1310. The number of carbonyl (C=O) groups is 1. The topological polar surface area (TPSA) is 180 Å². The van der Waals surface area contributed by atoms with Gasteiger partial charge in [0.25, 0.3) is 0 Å². The van der Waals surface area contributed by atoms with E-state index in [0.29, 0.717) is 5.52 Å². The number of para-hydroxylation sites is 1. The lowest BCUT2D eigenvalue weighted by atomic mass is 9.86. The summed E-state index contributed by atoms with van der Waals surface area (Å²) in [6, 6.07) is 10.4. The van der Waals surface area contributed by atoms with Crippen LogP contribution >= 0.6 is 7.75 Å². The molecule has 200 valence electrons. The highest BCUT2D eigenvalue weighted by Crippen LogP contribution is 2.48. The molecule has 0 unspecified atom stereocenters. The summed E-state index contributed by atoms with van der Waals surface area (Å²) in [5, 5.41) is 29.4. The van der Waals surface area contributed by atoms with Gasteiger partial charge in [0.15, 0.2) is 11.4 Å². The number of hydrogen-bond acceptors (Lipinski definition) is 11. The van der Waals surface area contributed by atoms with E-state index < -0.39 is 43.7 Å². The normalized spacial score (nSPS) is 26.0. The minimum absolute atomic E-state index is 0.136. The predicted octanol–water partition coefficient (Wildman–Crippen LogP) is 1.39. The standard InChI is InChI=1S/C23H30N5O8P/c1-4-33-20(29)15(2)27-37(32,36-16-8-6-5-7-9-16)35-12-22(3)21(30)23(31,13-34-22)18-11-10-17-19(24)25-14-26-28(17)18/h5-11,14-15,21,30-31H,4,12-13H2,1-3H3,(H,27,32)(H2,24,25,26)/t15-,21+,22+,23-,37-/m0/s1. The number of aliphatic hydroxyl groups is 2. The monoisotopic (exact) mass is 535 g/mol. The van der Waals surface area contributed by atoms with Crippen LogP contribution < -0.4 is 15.3 Å². The van der Waals surface area contributed by atoms with Gasteiger partial charge in [0, 0.05) is 0 Å². The van der Waals surface area contributed by atoms with Gasteiger partial charge in [-0.05, 0) is 45.0 Å². The van der Waals surface area contributed by atoms with Crippen molar-refractivity contribution in [1.29, 1.82) is 0 Å². The highest BCUT2D eigenvalue weighted by molar-refractivity contribution is 7.52. The molecule has 1 aromatic carbocycles. The molecule has 1 fully saturated rings. The minimum atomic E-state index is -4.21. The zero-order chi connectivity index (χ0) is 26.8. The molecule has 0 radical (unpaired) electrons. The van der Waals surface area contributed by atoms with E-state index in [9.17, 15) is 19.6 Å². The lowest BCUT2D eigenvalue weighted by Gasteiger charge is -2.33. The molecule has 0 bridgehead atoms. The van der Waals surface area contributed by atoms with Gasteiger partial charge in [-0.1, -0.05) is 18.2 Å². The van der Waals surface area contributed by atoms with Crippen LogP contribution in [0.2, 0.25) is 0 Å². The van der Waals surface area contributed by atoms with Crippen LogP contribution in [0.3, 0.4) is 0 Å². The average molecular weight is 535 g/mol. The lowest BCUT2D eigenvalue weighted by Crippen LogP contribution is -2.50. The minimum Gasteiger partial charge on any atom is -0.465 e. The first kappa shape index (κ1) is 27.0. The second-order valence-corrected chi connectivity index (χ2v) is 10.6. The van der Waals surface area contributed by atoms with Crippen molar-refractivity contribution in [3.05, 3.63) is 54.5 Å². The van der Waals surface area contributed by atoms with E-state index in [0.717, 1.165) is 0 Å². The summed E-state index contributed by atoms with van der Waals surface area (Å²) in [5.74, 6) is -0.229. The third kappa shape index (κ3) is 5.33. The lowest BCUT2D eigenvalue weighted by molar-refractivity contribution is -0.144. The van der Waals surface area contributed by atoms with Crippen molar-refractivity contribution in [2.24, 2.45) is 0 Å². The Balaban J connectivity index is 1.56. The third-order valence-electron chi connectivity index (χ3n) is 6.06. The van der Waals surface area contributed by atoms with Gasteiger partial charge in [-0.15, -0.1) is 0 Å². The summed E-state index contributed by atoms with van der Waals surface area (Å²) < 4.78 is 37.1. The molecule has 3 aromatic rings. The fraction of sp³-hybridized carbons (Fsp3) is 0.435. The van der Waals surface area contributed by atoms with Gasteiger partial charge in [0.2, 0.25) is 0 Å². The molecule has 1 aliphatic rings. The Kier molecular flexibility index (Phi) is 7.56. The van der Waals surface area contributed by atoms with Gasteiger partial charge in [-0.2, -0.15) is 10.2 Å². The van der Waals surface area contributed by atoms with Gasteiger partial charge in [0.1, 0.15) is 35.3 Å². The number of aliphatic hydroxyl groups excluding tert-OH is 1. The zero-order valence-electron chi connectivity index (χ0n) is 20.6. The molecule has 0 amide bonds. The maximum atomic E-state index is 13.7. The number of ether oxygens (including phenoxy) is 2. The van der Waals surface area contributed by atoms with Crippen molar-refractivity contribution in [1.82, 2.24) is 19.7 Å². The molecule has 13 nitrogen and oxygen atoms in total. The summed E-state index contributed by atoms with van der Waals surface area (Å²) in [7, 11) is -4.21. The molecule has 2 aromatic heterocycles. The first-order valence-corrected chi connectivity index (χ1v) is 13.1. The number of rotatable bonds is 10. The number of nitrogens with zero attached hydrogens (tertiary/aromatic N) is 3. The molecule has 5 atom stereocenters. The van der Waals surface area contributed by atoms with E-state index >= 15 is 0 Å². The molecule has 1 aliphatic heterocycles. The highest BCUT2D eigenvalue weighted by Gasteiger charge is 2.58. The maximum Gasteiger partial charge on any atom is 0.459 e. The summed E-state index contributed by atoms with van der Waals surface area (Å²) in [6.07, 6.45) is -0.310. The smallest absolute Gasteiger partial charge is 0.459 e. The fourth-order valence-corrected chi connectivity index (χ4v) is 5.62. The Morgan fingerprint density at radius 1 is 1.35 bits per heavy atom. The van der Waals surface area contributed by atoms with Crippen LogP contribution in [0.5, 0.6) is 5.75 Å². The number of carbonyl (C=O) groups excluding carboxylic acids is 1. The van der Waals surface area contributed by atoms with E-state index in [1.165, 1.54) is 24.7 Å². The van der Waals surface area contributed by atoms with Gasteiger partial charge < -0.3 is 29.9 Å². The number of anilines is 1. The van der Waals surface area contributed by atoms with Crippen LogP contribution in [-0.4, -0.2) is 68.3 Å². The number of benzene rings is 1. The van der Waals surface area contributed by atoms with Crippen molar-refractivity contribution in [3.63, 3.8) is 0 Å². The largest absolute Gasteiger partial charge is 0.465 e. The van der Waals surface area contributed by atoms with Crippen molar-refractivity contribution in [3.8, 4) is 5.75 Å². The highest BCUT2D eigenvalue weighted by atomic mass is 31.2. The molecular weight excluding hydrogens is 505 g/mol. The molecule has 0 saturated carbocycles. The van der Waals surface area contributed by atoms with E-state index in [1.54, 1.807) is 49.4 Å². The van der Waals surface area contributed by atoms with Gasteiger partial charge >= 0.3 is 13.7 Å². The van der Waals surface area contributed by atoms with Crippen molar-refractivity contribution in [2.45, 2.75) is 44.1 Å². The molecular formula is C23H30N5O8P. The number of nitrogens with one attached hydrogen (secondary N) is 1. The van der Waals surface area contributed by atoms with Crippen LogP contribution in [0.15, 0.2) is 48.8 Å². The summed E-state index contributed by atoms with van der Waals surface area (Å²) in [4.78, 5) is 16.1. The molecule has 0 aliphatic carbocycles. The van der Waals surface area contributed by atoms with Crippen molar-refractivity contribution < 1.29 is 38.1 Å². The van der Waals surface area contributed by atoms with Crippen molar-refractivity contribution >= 4 is 25.1 Å². The second-order valence-electron chi connectivity index (χ2n) is 8.87. The predicted molar refractivity (Wildman–Crippen MR) is 132 cm³/mol. The summed E-state index contributed by atoms with van der Waals surface area (Å²) in [5.41, 5.74) is 3.13. The first-order chi connectivity index (χ1) is 17.5. The Labute approximate surface area is 213 Å². The molecule has 37 heavy (non-hydrogen) atoms. The van der Waals surface area contributed by atoms with E-state index in [-0.39, 0.29) is 30.5 Å². The van der Waals surface area contributed by atoms with Gasteiger partial charge in [-0.3, -0.25) is 9.32 Å². The number of esters is 1. The van der Waals surface area contributed by atoms with Crippen LogP contribution in [0, 0.1) is 0 Å². The Hall–Kier alpha value is -3.06. The van der Waals surface area contributed by atoms with Crippen LogP contribution in [-0.2, 0) is 29.0 Å². The number of aromatic nitrogens is 3. The summed E-state index contributed by atoms with van der Waals surface area (Å²) in [6.45, 7) is 3.95. The quantitative estimate of drug-likeness (QED) is 0.217. The van der Waals surface area contributed by atoms with Gasteiger partial charge in [-0.25, -0.2) is 14.1 Å². The van der Waals surface area contributed by atoms with Crippen LogP contribution in [0.4, 0.5) is 5.82 Å². The average Bonchev–Trinajstić information content (AvgIpc) is 3.41. The van der Waals surface area contributed by atoms with E-state index in [4.69, 9.17) is 24.3 Å². The maximum absolute atomic E-state index is 13.7. The molecule has 4 rings (SSSR count). The SMILES string of the molecule is CCOC(=O)[C@H](C)N[P@](=O)(OC[C@@]1(C)OC[C@](O)(c2ccc3c(N)ncnn23)[C@@H]1O)Oc1ccccc1. The summed E-state index contributed by atoms with van der Waals surface area (Å²) >= 11 is 0. The van der Waals surface area contributed by atoms with E-state index in [1.807, 2.05) is 0 Å². The number of nitrogens with two attached hydrogens (primary N) is 1. The number of hydrogen-bond donors (Lipinski definition) is 4. The molecule has 3 heterocycles. The van der Waals surface area contributed by atoms with E-state index in [2.05, 4.69) is 15.2 Å². The molecule has 14 heteroatoms. The van der Waals surface area contributed by atoms with Crippen LogP contribution in [0.25, 0.3) is 5.52 Å². The number of fused-ring (bicyclic) bond motifs is 1. The van der Waals surface area contributed by atoms with Crippen molar-refractivity contribution in [2.75, 3.05) is 25.6 Å².